The summed E-state index contributed by atoms with van der Waals surface area (Å²) in [5, 5.41) is 8.28. The molecule has 32 nitrogen and oxygen atoms in total. The maximum Gasteiger partial charge on any atom is 0.496 e. The van der Waals surface area contributed by atoms with Crippen LogP contribution in [0.1, 0.15) is 143 Å². The molecule has 838 valence electrons. The summed E-state index contributed by atoms with van der Waals surface area (Å²) < 4.78 is 368. The summed E-state index contributed by atoms with van der Waals surface area (Å²) in [7, 11) is -0.851. The number of hydrogen-bond donors (Lipinski definition) is 5. The van der Waals surface area contributed by atoms with Crippen molar-refractivity contribution in [2.45, 2.75) is 229 Å². The molecule has 0 aliphatic carbocycles. The first-order chi connectivity index (χ1) is 65.6. The van der Waals surface area contributed by atoms with Crippen LogP contribution >= 0.6 is 98.5 Å². The lowest BCUT2D eigenvalue weighted by atomic mass is 9.80. The second kappa shape index (κ2) is 58.8. The Morgan fingerprint density at radius 3 is 1.01 bits per heavy atom. The van der Waals surface area contributed by atoms with Gasteiger partial charge in [0.1, 0.15) is 20.7 Å². The van der Waals surface area contributed by atoms with Gasteiger partial charge in [-0.15, -0.1) is 10.2 Å². The number of aromatic nitrogens is 17. The average Bonchev–Trinajstić information content (AvgIpc) is 1.62. The molecule has 1 aliphatic rings. The largest absolute Gasteiger partial charge is 0.496 e. The molecular weight excluding hydrogens is 2410 g/mol. The van der Waals surface area contributed by atoms with Crippen molar-refractivity contribution in [3.8, 4) is 74.4 Å². The first-order valence-corrected chi connectivity index (χ1v) is 43.1. The van der Waals surface area contributed by atoms with Crippen molar-refractivity contribution < 1.29 is 164 Å². The van der Waals surface area contributed by atoms with Crippen LogP contribution in [0.25, 0.3) is 50.7 Å². The predicted octanol–water partition coefficient (Wildman–Crippen LogP) is 25.9. The molecule has 0 aromatic carbocycles. The number of hydrazine groups is 1. The number of Topliss-reactive ketones (excluding diaryl/α,β-unsaturated/α-hetero) is 1. The standard InChI is InChI=1S/C16H13BrF6N4O2.C15H10BrF6N5O.C14H18BF4NO3.C13H10ClF4N3O.C13H13F4N5O.C5H4BrClN2.C2BrClF2O.6CH4.H2N2.H2O.H2/c1-7-13(25-6-12(27-7)24-5-11(28)15(17,19)20)9-3-10(18)14(26-4-9)29-8(2)16(21,22)23;1-6-11(23-5-10-25-26-13(27(6)10)14(16,18)19)8-3-9(17)12(24-4-8)28-7(2)15(20,21)22;1-8(14(17,18)19)21-11-10(16)6-9(7-20-11)15-22-12(2,3)13(4,5)23-15;1-6-11(19-5-10(14)21-6)8-3-9(15)12(20-4-8)22-7(2)13(16,17)18;1-6-11(19-5-10(21-6)22-18)8-3-9(14)12(20-4-8)23-7(2)13(15,16)17;1-3-5(6)8-2-4(7)9-3;3-2(5,6)1(4)7;;;;;;;1-2;;/h3-4,6,8H,5H2,1-2H3,(H,24,27);3-5,7H,1-2H3;6-8H,1-5H3;3-5,7H,1-2H3;3-5,7H,18H2,1-2H3,(H,21,22);2H,1H3;;6*1H4;1-2H;1H2;1H/t8-;7-;8-;2*7-;;;;;;;;;;;/m00100.........../s1. The van der Waals surface area contributed by atoms with Gasteiger partial charge in [-0.1, -0.05) is 67.8 Å². The number of pyridine rings is 5. The van der Waals surface area contributed by atoms with E-state index in [-0.39, 0.29) is 119 Å². The number of anilines is 2. The van der Waals surface area contributed by atoms with Crippen LogP contribution in [0.5, 0.6) is 29.4 Å². The summed E-state index contributed by atoms with van der Waals surface area (Å²) in [5.74, 6) is -5.79. The van der Waals surface area contributed by atoms with E-state index in [0.29, 0.717) is 47.6 Å². The quantitative estimate of drug-likeness (QED) is 0.00800. The smallest absolute Gasteiger partial charge is 0.463 e. The molecule has 0 amide bonds. The number of hydrogen-bond acceptors (Lipinski definition) is 30. The fraction of sp³-hybridized carbons (Fsp3) is 0.429. The number of nitrogens with zero attached hydrogens (tertiary/aromatic N) is 17. The molecule has 12 rings (SSSR count). The molecule has 12 heterocycles. The lowest BCUT2D eigenvalue weighted by Crippen LogP contribution is -2.41. The third kappa shape index (κ3) is 41.9. The monoisotopic (exact) mass is 2500 g/mol. The summed E-state index contributed by atoms with van der Waals surface area (Å²) in [6, 6.07) is 4.70. The predicted molar refractivity (Wildman–Crippen MR) is 518 cm³/mol. The molecule has 8 N–H and O–H groups in total. The number of nitrogens with one attached hydrogen (secondary N) is 4. The average molecular weight is 2510 g/mol. The Morgan fingerprint density at radius 1 is 0.440 bits per heavy atom. The number of alkyl halides is 24. The fourth-order valence-corrected chi connectivity index (χ4v) is 10.9. The highest BCUT2D eigenvalue weighted by Gasteiger charge is 2.53. The van der Waals surface area contributed by atoms with Crippen LogP contribution in [-0.4, -0.2) is 197 Å². The second-order valence-electron chi connectivity index (χ2n) is 29.4. The SMILES string of the molecule is C.C.C.C.C.C.C[C@@H](Oc1ncc(B2OC(C)(C)C(C)(C)O2)cc1F)C(F)(F)F.Cc1c(-c2cnc(O[C@@H](C)C(F)(F)F)c(F)c2)ncc2nnc(C(F)(F)Br)n12.Cc1nc(Cl)cnc1-c1cnc(O[C@@H](C)C(F)(F)F)c(F)c1.Cc1nc(Cl)cnc1Br.Cc1nc(NCC(=O)C(F)(F)Br)cnc1-c1cnc(O[C@@H](C)C(F)(F)F)c(F)c1.Cc1nc(NN)cnc1-c1cnc(O[C@@H](C)C(F)(F)F)c(F)c1.N=N.O.O=C(Cl)C(F)(F)Br.[HH]. The number of carbonyl (C=O) groups is 2. The summed E-state index contributed by atoms with van der Waals surface area (Å²) in [5.41, 5.74) is 15.0. The van der Waals surface area contributed by atoms with Crippen LogP contribution < -0.4 is 45.7 Å². The number of rotatable bonds is 22. The van der Waals surface area contributed by atoms with Crippen molar-refractivity contribution in [1.82, 2.24) is 84.4 Å². The minimum absolute atomic E-state index is 0. The van der Waals surface area contributed by atoms with Gasteiger partial charge in [-0.2, -0.15) is 92.2 Å². The first kappa shape index (κ1) is 143. The lowest BCUT2D eigenvalue weighted by Gasteiger charge is -2.32. The molecule has 0 spiro atoms. The van der Waals surface area contributed by atoms with E-state index in [9.17, 15) is 124 Å². The normalized spacial score (nSPS) is 13.4. The third-order valence-corrected chi connectivity index (χ3v) is 20.9. The number of carbonyl (C=O) groups excluding carboxylic acids is 2. The second-order valence-corrected chi connectivity index (χ2v) is 34.2. The number of halogens is 33. The van der Waals surface area contributed by atoms with Crippen molar-refractivity contribution in [2.75, 3.05) is 17.3 Å². The van der Waals surface area contributed by atoms with Gasteiger partial charge in [-0.25, -0.2) is 88.7 Å². The number of ketones is 1. The van der Waals surface area contributed by atoms with Crippen LogP contribution in [0.15, 0.2) is 96.9 Å². The molecule has 0 bridgehead atoms. The zero-order valence-electron chi connectivity index (χ0n) is 75.2. The zero-order valence-corrected chi connectivity index (χ0v) is 83.8. The van der Waals surface area contributed by atoms with Crippen molar-refractivity contribution >= 4 is 139 Å². The minimum Gasteiger partial charge on any atom is -0.463 e. The van der Waals surface area contributed by atoms with Gasteiger partial charge < -0.3 is 49.2 Å². The molecule has 0 radical (unpaired) electrons. The van der Waals surface area contributed by atoms with Gasteiger partial charge in [0.25, 0.3) is 29.4 Å². The molecule has 66 heteroatoms. The number of fused-ring (bicyclic) bond motifs is 1. The molecule has 1 saturated heterocycles. The third-order valence-electron chi connectivity index (χ3n) is 18.1. The minimum atomic E-state index is -4.69. The summed E-state index contributed by atoms with van der Waals surface area (Å²) in [6.07, 6.45) is -22.3. The summed E-state index contributed by atoms with van der Waals surface area (Å²) >= 11 is 24.6. The van der Waals surface area contributed by atoms with Gasteiger partial charge in [0.2, 0.25) is 11.6 Å². The maximum atomic E-state index is 14.2. The van der Waals surface area contributed by atoms with Gasteiger partial charge in [0.15, 0.2) is 71.1 Å². The van der Waals surface area contributed by atoms with Gasteiger partial charge >= 0.3 is 57.7 Å². The molecule has 1 fully saturated rings. The van der Waals surface area contributed by atoms with Crippen LogP contribution in [0.3, 0.4) is 0 Å². The molecule has 0 unspecified atom stereocenters. The number of nitrogens with two attached hydrogens (primary N) is 1. The number of ether oxygens (including phenoxy) is 5. The maximum absolute atomic E-state index is 14.2. The Labute approximate surface area is 890 Å². The Kier molecular flexibility index (Phi) is 56.1. The van der Waals surface area contributed by atoms with Gasteiger partial charge in [-0.05, 0) is 187 Å². The highest BCUT2D eigenvalue weighted by atomic mass is 79.9. The Balaban J connectivity index is -0.000000849. The Morgan fingerprint density at radius 2 is 0.727 bits per heavy atom. The Bertz CT molecular complexity index is 6220. The topological polar surface area (TPSA) is 439 Å². The van der Waals surface area contributed by atoms with E-state index < -0.39 is 176 Å². The van der Waals surface area contributed by atoms with Crippen LogP contribution in [0.4, 0.5) is 126 Å². The van der Waals surface area contributed by atoms with Gasteiger partial charge in [0.05, 0.1) is 94.3 Å². The highest BCUT2D eigenvalue weighted by molar-refractivity contribution is 9.10. The number of nitrogen functional groups attached to an aromatic ring is 1. The molecule has 5 atom stereocenters. The van der Waals surface area contributed by atoms with Crippen LogP contribution in [0, 0.1) is 74.8 Å². The highest BCUT2D eigenvalue weighted by Crippen LogP contribution is 2.41. The molecule has 11 aromatic heterocycles. The molecule has 150 heavy (non-hydrogen) atoms. The van der Waals surface area contributed by atoms with E-state index >= 15 is 0 Å². The van der Waals surface area contributed by atoms with Crippen LogP contribution in [0.2, 0.25) is 10.3 Å². The van der Waals surface area contributed by atoms with E-state index in [4.69, 9.17) is 49.4 Å². The van der Waals surface area contributed by atoms with E-state index in [1.807, 2.05) is 50.5 Å². The summed E-state index contributed by atoms with van der Waals surface area (Å²) in [6.45, 7) is 18.3. The number of aryl methyl sites for hydroxylation is 5. The van der Waals surface area contributed by atoms with Gasteiger partial charge in [-0.3, -0.25) is 33.9 Å². The Hall–Kier alpha value is -11.0. The van der Waals surface area contributed by atoms with Crippen molar-refractivity contribution in [2.24, 2.45) is 5.84 Å². The molecule has 1 aliphatic heterocycles. The summed E-state index contributed by atoms with van der Waals surface area (Å²) in [4.78, 5) is 63.7. The van der Waals surface area contributed by atoms with E-state index in [2.05, 4.69) is 158 Å². The van der Waals surface area contributed by atoms with E-state index in [0.717, 1.165) is 103 Å². The van der Waals surface area contributed by atoms with Crippen LogP contribution in [-0.2, 0) is 23.7 Å². The van der Waals surface area contributed by atoms with Crippen molar-refractivity contribution in [1.29, 1.82) is 11.1 Å². The zero-order chi connectivity index (χ0) is 109. The lowest BCUT2D eigenvalue weighted by molar-refractivity contribution is -0.190. The van der Waals surface area contributed by atoms with Crippen molar-refractivity contribution in [3.05, 3.63) is 171 Å². The molecular formula is C84H98BBr4Cl3F26N22O10. The first-order valence-electron chi connectivity index (χ1n) is 38.8. The molecule has 0 saturated carbocycles. The van der Waals surface area contributed by atoms with E-state index in [1.165, 1.54) is 38.6 Å². The van der Waals surface area contributed by atoms with Gasteiger partial charge in [0, 0.05) is 81.8 Å². The fourth-order valence-electron chi connectivity index (χ4n) is 10.0. The van der Waals surface area contributed by atoms with Crippen molar-refractivity contribution in [3.63, 3.8) is 0 Å². The molecule has 11 aromatic rings. The van der Waals surface area contributed by atoms with E-state index in [1.54, 1.807) is 29.8 Å².